The second-order valence-electron chi connectivity index (χ2n) is 6.98. The molecule has 1 aromatic heterocycles. The number of aromatic nitrogens is 1. The SMILES string of the molecule is C=C/C(=C\C1=C(C)C(=O)CCO1)OC(c1ccncc1)c1ccc(C(N)=O)c(C)c1. The predicted octanol–water partition coefficient (Wildman–Crippen LogP) is 3.93. The zero-order chi connectivity index (χ0) is 21.7. The van der Waals surface area contributed by atoms with Gasteiger partial charge in [0.1, 0.15) is 17.6 Å². The molecule has 0 saturated heterocycles. The van der Waals surface area contributed by atoms with Crippen molar-refractivity contribution in [1.82, 2.24) is 4.98 Å². The van der Waals surface area contributed by atoms with Crippen molar-refractivity contribution in [1.29, 1.82) is 0 Å². The number of pyridine rings is 1. The zero-order valence-electron chi connectivity index (χ0n) is 17.1. The molecule has 30 heavy (non-hydrogen) atoms. The van der Waals surface area contributed by atoms with Gasteiger partial charge in [-0.15, -0.1) is 0 Å². The zero-order valence-corrected chi connectivity index (χ0v) is 17.1. The average Bonchev–Trinajstić information content (AvgIpc) is 2.74. The molecule has 2 heterocycles. The van der Waals surface area contributed by atoms with Crippen LogP contribution in [0.2, 0.25) is 0 Å². The molecule has 1 aliphatic heterocycles. The molecule has 154 valence electrons. The van der Waals surface area contributed by atoms with Crippen LogP contribution < -0.4 is 5.73 Å². The van der Waals surface area contributed by atoms with E-state index in [1.54, 1.807) is 37.5 Å². The molecule has 6 nitrogen and oxygen atoms in total. The summed E-state index contributed by atoms with van der Waals surface area (Å²) in [5.74, 6) is 0.514. The summed E-state index contributed by atoms with van der Waals surface area (Å²) in [4.78, 5) is 27.6. The van der Waals surface area contributed by atoms with Crippen molar-refractivity contribution < 1.29 is 19.1 Å². The number of primary amides is 1. The highest BCUT2D eigenvalue weighted by Crippen LogP contribution is 2.31. The number of hydrogen-bond donors (Lipinski definition) is 1. The van der Waals surface area contributed by atoms with Crippen LogP contribution in [0.15, 0.2) is 78.5 Å². The summed E-state index contributed by atoms with van der Waals surface area (Å²) in [6, 6.07) is 9.08. The molecule has 1 atom stereocenters. The van der Waals surface area contributed by atoms with E-state index in [9.17, 15) is 9.59 Å². The van der Waals surface area contributed by atoms with Crippen LogP contribution in [0.4, 0.5) is 0 Å². The van der Waals surface area contributed by atoms with Crippen LogP contribution >= 0.6 is 0 Å². The molecule has 1 amide bonds. The van der Waals surface area contributed by atoms with Gasteiger partial charge in [0.05, 0.1) is 6.61 Å². The molecule has 1 aliphatic rings. The van der Waals surface area contributed by atoms with E-state index in [-0.39, 0.29) is 5.78 Å². The number of rotatable bonds is 7. The van der Waals surface area contributed by atoms with E-state index in [2.05, 4.69) is 11.6 Å². The summed E-state index contributed by atoms with van der Waals surface area (Å²) < 4.78 is 11.9. The van der Waals surface area contributed by atoms with E-state index in [4.69, 9.17) is 15.2 Å². The van der Waals surface area contributed by atoms with Crippen LogP contribution in [0.25, 0.3) is 0 Å². The Labute approximate surface area is 175 Å². The summed E-state index contributed by atoms with van der Waals surface area (Å²) in [5.41, 5.74) is 8.92. The summed E-state index contributed by atoms with van der Waals surface area (Å²) in [5, 5.41) is 0. The smallest absolute Gasteiger partial charge is 0.248 e. The summed E-state index contributed by atoms with van der Waals surface area (Å²) in [7, 11) is 0. The van der Waals surface area contributed by atoms with Crippen LogP contribution in [-0.2, 0) is 14.3 Å². The van der Waals surface area contributed by atoms with Gasteiger partial charge in [0, 0.05) is 36.0 Å². The highest BCUT2D eigenvalue weighted by Gasteiger charge is 2.21. The van der Waals surface area contributed by atoms with Crippen molar-refractivity contribution in [2.24, 2.45) is 5.73 Å². The van der Waals surface area contributed by atoms with Crippen LogP contribution in [0, 0.1) is 6.92 Å². The van der Waals surface area contributed by atoms with E-state index in [0.717, 1.165) is 16.7 Å². The number of amides is 1. The second-order valence-corrected chi connectivity index (χ2v) is 6.98. The normalized spacial score (nSPS) is 15.4. The van der Waals surface area contributed by atoms with Crippen molar-refractivity contribution in [3.8, 4) is 0 Å². The van der Waals surface area contributed by atoms with Crippen molar-refractivity contribution in [2.45, 2.75) is 26.4 Å². The molecule has 2 N–H and O–H groups in total. The first-order valence-electron chi connectivity index (χ1n) is 9.58. The lowest BCUT2D eigenvalue weighted by Crippen LogP contribution is -2.15. The maximum absolute atomic E-state index is 12.0. The topological polar surface area (TPSA) is 91.5 Å². The Kier molecular flexibility index (Phi) is 6.47. The van der Waals surface area contributed by atoms with E-state index < -0.39 is 12.0 Å². The van der Waals surface area contributed by atoms with E-state index in [0.29, 0.717) is 35.7 Å². The Morgan fingerprint density at radius 2 is 1.97 bits per heavy atom. The van der Waals surface area contributed by atoms with Gasteiger partial charge in [-0.1, -0.05) is 18.7 Å². The number of nitrogens with zero attached hydrogens (tertiary/aromatic N) is 1. The average molecular weight is 404 g/mol. The van der Waals surface area contributed by atoms with Gasteiger partial charge in [-0.3, -0.25) is 14.6 Å². The van der Waals surface area contributed by atoms with Crippen molar-refractivity contribution >= 4 is 11.7 Å². The fourth-order valence-electron chi connectivity index (χ4n) is 3.24. The lowest BCUT2D eigenvalue weighted by Gasteiger charge is -2.22. The first kappa shape index (κ1) is 21.0. The fourth-order valence-corrected chi connectivity index (χ4v) is 3.24. The number of hydrogen-bond acceptors (Lipinski definition) is 5. The number of aryl methyl sites for hydroxylation is 1. The summed E-state index contributed by atoms with van der Waals surface area (Å²) in [6.07, 6.45) is 6.50. The third kappa shape index (κ3) is 4.66. The fraction of sp³-hybridized carbons (Fsp3) is 0.208. The van der Waals surface area contributed by atoms with Gasteiger partial charge in [-0.2, -0.15) is 0 Å². The molecule has 6 heteroatoms. The van der Waals surface area contributed by atoms with E-state index in [1.807, 2.05) is 31.2 Å². The molecule has 1 unspecified atom stereocenters. The van der Waals surface area contributed by atoms with E-state index >= 15 is 0 Å². The first-order chi connectivity index (χ1) is 14.4. The minimum absolute atomic E-state index is 0.0549. The highest BCUT2D eigenvalue weighted by atomic mass is 16.5. The predicted molar refractivity (Wildman–Crippen MR) is 113 cm³/mol. The molecule has 0 saturated carbocycles. The van der Waals surface area contributed by atoms with Gasteiger partial charge in [-0.05, 0) is 54.8 Å². The number of Topliss-reactive ketones (excluding diaryl/α,β-unsaturated/α-hetero) is 1. The van der Waals surface area contributed by atoms with Gasteiger partial charge in [-0.25, -0.2) is 0 Å². The third-order valence-electron chi connectivity index (χ3n) is 4.93. The summed E-state index contributed by atoms with van der Waals surface area (Å²) >= 11 is 0. The summed E-state index contributed by atoms with van der Waals surface area (Å²) in [6.45, 7) is 7.74. The molecule has 0 fully saturated rings. The van der Waals surface area contributed by atoms with Crippen LogP contribution in [-0.4, -0.2) is 23.3 Å². The Morgan fingerprint density at radius 3 is 2.60 bits per heavy atom. The number of carbonyl (C=O) groups is 2. The Morgan fingerprint density at radius 1 is 1.23 bits per heavy atom. The van der Waals surface area contributed by atoms with Gasteiger partial charge in [0.25, 0.3) is 0 Å². The van der Waals surface area contributed by atoms with Gasteiger partial charge in [0.15, 0.2) is 5.78 Å². The van der Waals surface area contributed by atoms with Crippen molar-refractivity contribution in [2.75, 3.05) is 6.61 Å². The Balaban J connectivity index is 2.01. The standard InChI is InChI=1S/C24H24N2O4/c1-4-19(14-22-16(3)21(27)9-12-29-22)30-23(17-7-10-26-11-8-17)18-5-6-20(24(25)28)15(2)13-18/h4-8,10-11,13-14,23H,1,9,12H2,2-3H3,(H2,25,28)/b19-14+. The molecular weight excluding hydrogens is 380 g/mol. The number of ether oxygens (including phenoxy) is 2. The maximum Gasteiger partial charge on any atom is 0.248 e. The van der Waals surface area contributed by atoms with Crippen LogP contribution in [0.5, 0.6) is 0 Å². The molecule has 0 bridgehead atoms. The largest absolute Gasteiger partial charge is 0.493 e. The Hall–Kier alpha value is -3.67. The first-order valence-corrected chi connectivity index (χ1v) is 9.58. The molecule has 2 aromatic rings. The lowest BCUT2D eigenvalue weighted by molar-refractivity contribution is -0.117. The molecule has 0 spiro atoms. The van der Waals surface area contributed by atoms with Crippen molar-refractivity contribution in [3.05, 3.63) is 101 Å². The number of carbonyl (C=O) groups excluding carboxylic acids is 2. The molecular formula is C24H24N2O4. The minimum atomic E-state index is -0.488. The van der Waals surface area contributed by atoms with E-state index in [1.165, 1.54) is 0 Å². The minimum Gasteiger partial charge on any atom is -0.493 e. The molecule has 0 aliphatic carbocycles. The van der Waals surface area contributed by atoms with Crippen LogP contribution in [0.1, 0.15) is 46.5 Å². The number of ketones is 1. The number of allylic oxidation sites excluding steroid dienone is 3. The van der Waals surface area contributed by atoms with Crippen molar-refractivity contribution in [3.63, 3.8) is 0 Å². The third-order valence-corrected chi connectivity index (χ3v) is 4.93. The quantitative estimate of drug-likeness (QED) is 0.558. The molecule has 3 rings (SSSR count). The number of benzene rings is 1. The Bertz CT molecular complexity index is 1040. The molecule has 0 radical (unpaired) electrons. The maximum atomic E-state index is 12.0. The van der Waals surface area contributed by atoms with Gasteiger partial charge >= 0.3 is 0 Å². The lowest BCUT2D eigenvalue weighted by atomic mass is 9.97. The monoisotopic (exact) mass is 404 g/mol. The number of nitrogens with two attached hydrogens (primary N) is 1. The van der Waals surface area contributed by atoms with Gasteiger partial charge in [0.2, 0.25) is 5.91 Å². The highest BCUT2D eigenvalue weighted by molar-refractivity contribution is 5.96. The second kappa shape index (κ2) is 9.22. The van der Waals surface area contributed by atoms with Crippen LogP contribution in [0.3, 0.4) is 0 Å². The molecule has 1 aromatic carbocycles. The van der Waals surface area contributed by atoms with Gasteiger partial charge < -0.3 is 15.2 Å².